The molecule has 4 aromatic carbocycles. The number of hydrogen-bond acceptors (Lipinski definition) is 8. The molecule has 0 aliphatic carbocycles. The average Bonchev–Trinajstić information content (AvgIpc) is 4.09. The van der Waals surface area contributed by atoms with Gasteiger partial charge in [-0.05, 0) is 79.2 Å². The number of hydrogen-bond donors (Lipinski definition) is 3. The monoisotopic (exact) mass is 808 g/mol. The topological polar surface area (TPSA) is 115 Å². The van der Waals surface area contributed by atoms with Gasteiger partial charge in [0.1, 0.15) is 17.7 Å². The van der Waals surface area contributed by atoms with E-state index in [1.165, 1.54) is 5.56 Å². The van der Waals surface area contributed by atoms with E-state index in [-0.39, 0.29) is 30.8 Å². The Morgan fingerprint density at radius 3 is 1.83 bits per heavy atom. The maximum absolute atomic E-state index is 14.1. The van der Waals surface area contributed by atoms with E-state index in [9.17, 15) is 4.79 Å². The number of nitrogens with one attached hydrogen (secondary N) is 3. The minimum absolute atomic E-state index is 0.0936. The van der Waals surface area contributed by atoms with Gasteiger partial charge >= 0.3 is 0 Å². The van der Waals surface area contributed by atoms with Gasteiger partial charge in [0.05, 0.1) is 41.9 Å². The van der Waals surface area contributed by atoms with E-state index in [0.717, 1.165) is 83.2 Å². The molecule has 9 rings (SSSR count). The van der Waals surface area contributed by atoms with Gasteiger partial charge in [0, 0.05) is 23.8 Å². The number of halogens is 1. The Hall–Kier alpha value is -5.56. The molecule has 0 saturated carbocycles. The lowest BCUT2D eigenvalue weighted by molar-refractivity contribution is -0.335. The first kappa shape index (κ1) is 38.9. The molecule has 302 valence electrons. The second-order valence-electron chi connectivity index (χ2n) is 15.7. The summed E-state index contributed by atoms with van der Waals surface area (Å²) in [4.78, 5) is 37.5. The Labute approximate surface area is 350 Å². The molecule has 6 aromatic rings. The molecule has 3 saturated heterocycles. The van der Waals surface area contributed by atoms with Crippen molar-refractivity contribution >= 4 is 17.5 Å². The number of benzene rings is 4. The summed E-state index contributed by atoms with van der Waals surface area (Å²) < 4.78 is 10.9. The molecule has 11 nitrogen and oxygen atoms in total. The van der Waals surface area contributed by atoms with E-state index in [0.29, 0.717) is 17.1 Å². The van der Waals surface area contributed by atoms with Gasteiger partial charge in [0.15, 0.2) is 6.79 Å². The molecule has 0 radical (unpaired) electrons. The molecule has 3 N–H and O–H groups in total. The van der Waals surface area contributed by atoms with Gasteiger partial charge in [-0.1, -0.05) is 115 Å². The molecule has 59 heavy (non-hydrogen) atoms. The summed E-state index contributed by atoms with van der Waals surface area (Å²) in [6.45, 7) is 6.37. The lowest BCUT2D eigenvalue weighted by Crippen LogP contribution is -2.50. The highest BCUT2D eigenvalue weighted by Gasteiger charge is 2.39. The largest absolute Gasteiger partial charge is 0.364 e. The van der Waals surface area contributed by atoms with Crippen LogP contribution in [0.15, 0.2) is 128 Å². The molecular formula is C47H49ClN8O3. The van der Waals surface area contributed by atoms with Crippen molar-refractivity contribution in [1.82, 2.24) is 40.0 Å². The predicted molar refractivity (Wildman–Crippen MR) is 230 cm³/mol. The second kappa shape index (κ2) is 17.0. The lowest BCUT2D eigenvalue weighted by Gasteiger charge is -2.35. The number of imidazole rings is 2. The number of rotatable bonds is 13. The van der Waals surface area contributed by atoms with E-state index >= 15 is 0 Å². The molecule has 5 heterocycles. The van der Waals surface area contributed by atoms with Crippen LogP contribution in [0.2, 0.25) is 5.02 Å². The Bertz CT molecular complexity index is 2390. The quantitative estimate of drug-likeness (QED) is 0.106. The normalized spacial score (nSPS) is 19.3. The second-order valence-corrected chi connectivity index (χ2v) is 16.1. The van der Waals surface area contributed by atoms with Gasteiger partial charge in [0.25, 0.3) is 0 Å². The van der Waals surface area contributed by atoms with Gasteiger partial charge in [-0.2, -0.15) is 0 Å². The Morgan fingerprint density at radius 2 is 1.29 bits per heavy atom. The van der Waals surface area contributed by atoms with E-state index in [4.69, 9.17) is 31.0 Å². The van der Waals surface area contributed by atoms with Gasteiger partial charge in [-0.25, -0.2) is 9.97 Å². The van der Waals surface area contributed by atoms with Gasteiger partial charge in [-0.3, -0.25) is 15.0 Å². The average molecular weight is 809 g/mol. The van der Waals surface area contributed by atoms with Crippen molar-refractivity contribution < 1.29 is 14.3 Å². The first-order valence-electron chi connectivity index (χ1n) is 20.3. The smallest absolute Gasteiger partial charge is 0.245 e. The Balaban J connectivity index is 0.861. The molecule has 3 aliphatic heterocycles. The maximum Gasteiger partial charge on any atom is 0.245 e. The van der Waals surface area contributed by atoms with Crippen LogP contribution in [0.4, 0.5) is 0 Å². The van der Waals surface area contributed by atoms with Crippen molar-refractivity contribution in [2.75, 3.05) is 34.0 Å². The molecule has 0 unspecified atom stereocenters. The number of aromatic nitrogens is 4. The fourth-order valence-electron chi connectivity index (χ4n) is 8.82. The maximum atomic E-state index is 14.1. The molecule has 12 heteroatoms. The van der Waals surface area contributed by atoms with Crippen molar-refractivity contribution in [3.63, 3.8) is 0 Å². The van der Waals surface area contributed by atoms with Crippen molar-refractivity contribution in [2.24, 2.45) is 0 Å². The third-order valence-electron chi connectivity index (χ3n) is 11.9. The van der Waals surface area contributed by atoms with E-state index < -0.39 is 12.5 Å². The van der Waals surface area contributed by atoms with Crippen molar-refractivity contribution in [1.29, 1.82) is 0 Å². The number of aromatic amines is 2. The van der Waals surface area contributed by atoms with Crippen LogP contribution in [-0.2, 0) is 14.3 Å². The Kier molecular flexibility index (Phi) is 11.2. The summed E-state index contributed by atoms with van der Waals surface area (Å²) >= 11 is 6.56. The van der Waals surface area contributed by atoms with E-state index in [2.05, 4.69) is 125 Å². The van der Waals surface area contributed by atoms with Crippen molar-refractivity contribution in [2.45, 2.75) is 56.3 Å². The van der Waals surface area contributed by atoms with Gasteiger partial charge in [0.2, 0.25) is 12.3 Å². The first-order chi connectivity index (χ1) is 28.8. The predicted octanol–water partition coefficient (Wildman–Crippen LogP) is 9.02. The van der Waals surface area contributed by atoms with Crippen LogP contribution in [-0.4, -0.2) is 80.9 Å². The third-order valence-corrected chi connectivity index (χ3v) is 12.2. The van der Waals surface area contributed by atoms with Crippen molar-refractivity contribution in [3.8, 4) is 33.6 Å². The van der Waals surface area contributed by atoms with Gasteiger partial charge in [-0.15, -0.1) is 0 Å². The zero-order chi connectivity index (χ0) is 40.5. The van der Waals surface area contributed by atoms with E-state index in [1.807, 2.05) is 35.5 Å². The van der Waals surface area contributed by atoms with Crippen LogP contribution in [0.5, 0.6) is 0 Å². The highest BCUT2D eigenvalue weighted by molar-refractivity contribution is 6.31. The summed E-state index contributed by atoms with van der Waals surface area (Å²) in [5.41, 5.74) is 9.26. The molecule has 0 spiro atoms. The fourth-order valence-corrected chi connectivity index (χ4v) is 9.06. The number of likely N-dealkylation sites (N-methyl/N-ethyl adjacent to an activating group) is 1. The van der Waals surface area contributed by atoms with Crippen molar-refractivity contribution in [3.05, 3.63) is 156 Å². The summed E-state index contributed by atoms with van der Waals surface area (Å²) in [5.74, 6) is 1.64. The van der Waals surface area contributed by atoms with E-state index in [1.54, 1.807) is 6.07 Å². The minimum atomic E-state index is -0.724. The molecule has 0 bridgehead atoms. The number of carbonyl (C=O) groups is 1. The van der Waals surface area contributed by atoms with Gasteiger partial charge < -0.3 is 29.2 Å². The van der Waals surface area contributed by atoms with Crippen LogP contribution in [0, 0.1) is 0 Å². The molecule has 2 aromatic heterocycles. The fraction of sp³-hybridized carbons (Fsp3) is 0.298. The number of H-pyrrole nitrogens is 2. The zero-order valence-corrected chi connectivity index (χ0v) is 34.1. The molecule has 3 aliphatic rings. The Morgan fingerprint density at radius 1 is 0.763 bits per heavy atom. The SMILES string of the molecule is C=C([C@@H](c1ccccc1)N(C)C)N1CCC[C@H]1c1ncc(-c2ccc(-c3ccc(-c4cnc([C@@H]5CCCN5C(=O)[C@H](NC5OCO5)c5ccccc5Cl)[nH]4)cc3)cc2)[nH]1. The van der Waals surface area contributed by atoms with Crippen LogP contribution >= 0.6 is 11.6 Å². The minimum Gasteiger partial charge on any atom is -0.364 e. The summed E-state index contributed by atoms with van der Waals surface area (Å²) in [5, 5.41) is 3.69. The summed E-state index contributed by atoms with van der Waals surface area (Å²) in [6.07, 6.45) is 6.94. The summed E-state index contributed by atoms with van der Waals surface area (Å²) in [7, 11) is 4.23. The van der Waals surface area contributed by atoms with Crippen LogP contribution in [0.3, 0.4) is 0 Å². The highest BCUT2D eigenvalue weighted by Crippen LogP contribution is 2.40. The zero-order valence-electron chi connectivity index (χ0n) is 33.4. The first-order valence-corrected chi connectivity index (χ1v) is 20.7. The summed E-state index contributed by atoms with van der Waals surface area (Å²) in [6, 6.07) is 34.4. The van der Waals surface area contributed by atoms with Crippen LogP contribution in [0.25, 0.3) is 33.6 Å². The third kappa shape index (κ3) is 7.96. The highest BCUT2D eigenvalue weighted by atomic mass is 35.5. The molecule has 1 amide bonds. The van der Waals surface area contributed by atoms with Crippen LogP contribution < -0.4 is 5.32 Å². The number of nitrogens with zero attached hydrogens (tertiary/aromatic N) is 5. The molecular weight excluding hydrogens is 760 g/mol. The molecule has 3 fully saturated rings. The molecule has 4 atom stereocenters. The van der Waals surface area contributed by atoms with Crippen LogP contribution in [0.1, 0.15) is 72.6 Å². The standard InChI is InChI=1S/C47H49ClN8O3/c1-30(43(54(2)3)35-11-5-4-6-12-35)55-25-9-15-40(55)44-49-27-38(51-44)33-21-17-31(18-22-33)32-19-23-34(24-20-32)39-28-50-45(52-39)41-16-10-26-56(41)46(57)42(53-47-58-29-59-47)36-13-7-8-14-37(36)48/h4-8,11-14,17-24,27-28,40-43,47,53H,1,9-10,15-16,25-26,29H2,2-3H3,(H,49,51)(H,50,52)/t40-,41-,42+,43-/m0/s1. The number of ether oxygens (including phenoxy) is 2. The number of likely N-dealkylation sites (tertiary alicyclic amines) is 2. The number of amides is 1. The number of carbonyl (C=O) groups excluding carboxylic acids is 1. The lowest BCUT2D eigenvalue weighted by atomic mass is 10.0.